The van der Waals surface area contributed by atoms with Gasteiger partial charge >= 0.3 is 0 Å². The highest BCUT2D eigenvalue weighted by Gasteiger charge is 2.09. The van der Waals surface area contributed by atoms with Crippen molar-refractivity contribution < 1.29 is 0 Å². The molecule has 2 N–H and O–H groups in total. The predicted molar refractivity (Wildman–Crippen MR) is 74.3 cm³/mol. The van der Waals surface area contributed by atoms with Crippen LogP contribution in [0.3, 0.4) is 0 Å². The van der Waals surface area contributed by atoms with Gasteiger partial charge < -0.3 is 5.73 Å². The Morgan fingerprint density at radius 2 is 1.71 bits per heavy atom. The molecule has 0 radical (unpaired) electrons. The number of rotatable bonds is 2. The fraction of sp³-hybridized carbons (Fsp3) is 0.0667. The Kier molecular flexibility index (Phi) is 2.67. The molecule has 1 atom stereocenters. The van der Waals surface area contributed by atoms with Gasteiger partial charge in [0, 0.05) is 0 Å². The first kappa shape index (κ1) is 10.5. The first-order chi connectivity index (χ1) is 8.34. The van der Waals surface area contributed by atoms with E-state index in [0.717, 1.165) is 0 Å². The van der Waals surface area contributed by atoms with Crippen LogP contribution in [0, 0.1) is 0 Å². The summed E-state index contributed by atoms with van der Waals surface area (Å²) in [6, 6.07) is 16.9. The van der Waals surface area contributed by atoms with Crippen LogP contribution in [0.25, 0.3) is 10.8 Å². The topological polar surface area (TPSA) is 26.0 Å². The van der Waals surface area contributed by atoms with Crippen LogP contribution in [0.15, 0.2) is 59.3 Å². The van der Waals surface area contributed by atoms with E-state index in [0.29, 0.717) is 0 Å². The summed E-state index contributed by atoms with van der Waals surface area (Å²) in [5.74, 6) is 0. The zero-order chi connectivity index (χ0) is 11.7. The summed E-state index contributed by atoms with van der Waals surface area (Å²) in [4.78, 5) is 0. The minimum absolute atomic E-state index is 0.0224. The van der Waals surface area contributed by atoms with E-state index >= 15 is 0 Å². The number of nitrogens with two attached hydrogens (primary N) is 1. The third-order valence-corrected chi connectivity index (χ3v) is 3.74. The van der Waals surface area contributed by atoms with Gasteiger partial charge in [-0.05, 0) is 44.8 Å². The minimum atomic E-state index is -0.0224. The van der Waals surface area contributed by atoms with Crippen LogP contribution in [-0.4, -0.2) is 0 Å². The normalized spacial score (nSPS) is 12.8. The van der Waals surface area contributed by atoms with E-state index in [1.54, 1.807) is 11.3 Å². The van der Waals surface area contributed by atoms with Crippen molar-refractivity contribution in [3.8, 4) is 0 Å². The van der Waals surface area contributed by atoms with Crippen LogP contribution < -0.4 is 5.73 Å². The maximum absolute atomic E-state index is 6.26. The largest absolute Gasteiger partial charge is 0.320 e. The molecule has 0 aliphatic rings. The van der Waals surface area contributed by atoms with Crippen LogP contribution in [0.4, 0.5) is 0 Å². The van der Waals surface area contributed by atoms with Crippen LogP contribution in [-0.2, 0) is 0 Å². The highest BCUT2D eigenvalue weighted by Crippen LogP contribution is 2.24. The number of thiophene rings is 1. The molecule has 1 aromatic heterocycles. The van der Waals surface area contributed by atoms with Gasteiger partial charge in [0.25, 0.3) is 0 Å². The molecule has 0 spiro atoms. The quantitative estimate of drug-likeness (QED) is 0.720. The molecule has 1 nitrogen and oxygen atoms in total. The average Bonchev–Trinajstić information content (AvgIpc) is 2.91. The van der Waals surface area contributed by atoms with Gasteiger partial charge in [0.1, 0.15) is 0 Å². The zero-order valence-electron chi connectivity index (χ0n) is 9.34. The number of benzene rings is 2. The molecule has 0 saturated carbocycles. The van der Waals surface area contributed by atoms with E-state index in [4.69, 9.17) is 5.73 Å². The van der Waals surface area contributed by atoms with Crippen molar-refractivity contribution >= 4 is 22.1 Å². The second-order valence-electron chi connectivity index (χ2n) is 4.14. The van der Waals surface area contributed by atoms with E-state index in [2.05, 4.69) is 59.3 Å². The molecule has 1 heterocycles. The van der Waals surface area contributed by atoms with Crippen molar-refractivity contribution in [3.63, 3.8) is 0 Å². The lowest BCUT2D eigenvalue weighted by molar-refractivity contribution is 0.879. The highest BCUT2D eigenvalue weighted by atomic mass is 32.1. The molecule has 0 amide bonds. The third-order valence-electron chi connectivity index (χ3n) is 3.03. The second-order valence-corrected chi connectivity index (χ2v) is 4.92. The van der Waals surface area contributed by atoms with Crippen LogP contribution >= 0.6 is 11.3 Å². The van der Waals surface area contributed by atoms with Gasteiger partial charge in [-0.25, -0.2) is 0 Å². The first-order valence-corrected chi connectivity index (χ1v) is 6.55. The highest BCUT2D eigenvalue weighted by molar-refractivity contribution is 7.08. The fourth-order valence-electron chi connectivity index (χ4n) is 2.05. The lowest BCUT2D eigenvalue weighted by atomic mass is 9.99. The summed E-state index contributed by atoms with van der Waals surface area (Å²) in [5.41, 5.74) is 8.61. The van der Waals surface area contributed by atoms with Crippen LogP contribution in [0.5, 0.6) is 0 Å². The van der Waals surface area contributed by atoms with Gasteiger partial charge in [-0.3, -0.25) is 0 Å². The first-order valence-electron chi connectivity index (χ1n) is 5.61. The van der Waals surface area contributed by atoms with Crippen molar-refractivity contribution in [2.24, 2.45) is 5.73 Å². The molecule has 84 valence electrons. The number of fused-ring (bicyclic) bond motifs is 1. The fourth-order valence-corrected chi connectivity index (χ4v) is 2.74. The maximum atomic E-state index is 6.26. The number of hydrogen-bond donors (Lipinski definition) is 1. The summed E-state index contributed by atoms with van der Waals surface area (Å²) in [7, 11) is 0. The van der Waals surface area contributed by atoms with Crippen molar-refractivity contribution in [2.45, 2.75) is 6.04 Å². The Bertz CT molecular complexity index is 628. The third kappa shape index (κ3) is 1.97. The SMILES string of the molecule is N[C@H](c1ccsc1)c1ccc2ccccc2c1. The molecule has 3 rings (SSSR count). The lowest BCUT2D eigenvalue weighted by Gasteiger charge is -2.11. The van der Waals surface area contributed by atoms with E-state index in [9.17, 15) is 0 Å². The molecule has 0 unspecified atom stereocenters. The van der Waals surface area contributed by atoms with Crippen molar-refractivity contribution in [3.05, 3.63) is 70.4 Å². The maximum Gasteiger partial charge on any atom is 0.0560 e. The van der Waals surface area contributed by atoms with Crippen molar-refractivity contribution in [2.75, 3.05) is 0 Å². The molecule has 2 aromatic carbocycles. The smallest absolute Gasteiger partial charge is 0.0560 e. The summed E-state index contributed by atoms with van der Waals surface area (Å²) >= 11 is 1.69. The van der Waals surface area contributed by atoms with Gasteiger partial charge in [0.2, 0.25) is 0 Å². The molecule has 17 heavy (non-hydrogen) atoms. The Labute approximate surface area is 105 Å². The Balaban J connectivity index is 2.06. The molecular formula is C15H13NS. The van der Waals surface area contributed by atoms with Crippen molar-refractivity contribution in [1.29, 1.82) is 0 Å². The van der Waals surface area contributed by atoms with Crippen LogP contribution in [0.2, 0.25) is 0 Å². The lowest BCUT2D eigenvalue weighted by Crippen LogP contribution is -2.10. The molecule has 0 aliphatic carbocycles. The summed E-state index contributed by atoms with van der Waals surface area (Å²) < 4.78 is 0. The predicted octanol–water partition coefficient (Wildman–Crippen LogP) is 3.95. The number of hydrogen-bond acceptors (Lipinski definition) is 2. The van der Waals surface area contributed by atoms with Crippen LogP contribution in [0.1, 0.15) is 17.2 Å². The molecule has 0 saturated heterocycles. The van der Waals surface area contributed by atoms with E-state index in [-0.39, 0.29) is 6.04 Å². The van der Waals surface area contributed by atoms with Gasteiger partial charge in [-0.15, -0.1) is 0 Å². The van der Waals surface area contributed by atoms with E-state index < -0.39 is 0 Å². The molecular weight excluding hydrogens is 226 g/mol. The molecule has 0 fully saturated rings. The molecule has 3 aromatic rings. The summed E-state index contributed by atoms with van der Waals surface area (Å²) in [5, 5.41) is 6.68. The Morgan fingerprint density at radius 1 is 0.882 bits per heavy atom. The van der Waals surface area contributed by atoms with Gasteiger partial charge in [0.15, 0.2) is 0 Å². The van der Waals surface area contributed by atoms with Gasteiger partial charge in [-0.1, -0.05) is 36.4 Å². The Morgan fingerprint density at radius 3 is 2.47 bits per heavy atom. The Hall–Kier alpha value is -1.64. The molecule has 0 aliphatic heterocycles. The van der Waals surface area contributed by atoms with E-state index in [1.807, 2.05) is 0 Å². The average molecular weight is 239 g/mol. The molecule has 2 heteroatoms. The van der Waals surface area contributed by atoms with Gasteiger partial charge in [0.05, 0.1) is 6.04 Å². The molecule has 0 bridgehead atoms. The second kappa shape index (κ2) is 4.32. The van der Waals surface area contributed by atoms with E-state index in [1.165, 1.54) is 21.9 Å². The summed E-state index contributed by atoms with van der Waals surface area (Å²) in [6.45, 7) is 0. The van der Waals surface area contributed by atoms with Gasteiger partial charge in [-0.2, -0.15) is 11.3 Å². The zero-order valence-corrected chi connectivity index (χ0v) is 10.2. The van der Waals surface area contributed by atoms with Crippen molar-refractivity contribution in [1.82, 2.24) is 0 Å². The monoisotopic (exact) mass is 239 g/mol. The summed E-state index contributed by atoms with van der Waals surface area (Å²) in [6.07, 6.45) is 0. The minimum Gasteiger partial charge on any atom is -0.320 e. The standard InChI is InChI=1S/C15H13NS/c16-15(14-7-8-17-10-14)13-6-5-11-3-1-2-4-12(11)9-13/h1-10,15H,16H2/t15-/m0/s1.